The van der Waals surface area contributed by atoms with Crippen molar-refractivity contribution in [1.29, 1.82) is 0 Å². The number of nitrogens with one attached hydrogen (secondary N) is 2. The number of rotatable bonds is 6. The van der Waals surface area contributed by atoms with Crippen LogP contribution in [0.2, 0.25) is 0 Å². The van der Waals surface area contributed by atoms with Crippen LogP contribution in [0, 0.1) is 0 Å². The lowest BCUT2D eigenvalue weighted by molar-refractivity contribution is -0.114. The molecule has 25 heavy (non-hydrogen) atoms. The SMILES string of the molecule is COc1ccc(NC(=O)c2ccccc2OC(F)F)cc1NC(C)=O. The standard InChI is InChI=1S/C17H16F2N2O4/c1-10(22)20-13-9-11(7-8-15(13)24-2)21-16(23)12-5-3-4-6-14(12)25-17(18)19/h3-9,17H,1-2H3,(H,20,22)(H,21,23). The average molecular weight is 350 g/mol. The van der Waals surface area contributed by atoms with Crippen molar-refractivity contribution < 1.29 is 27.8 Å². The number of methoxy groups -OCH3 is 1. The summed E-state index contributed by atoms with van der Waals surface area (Å²) >= 11 is 0. The van der Waals surface area contributed by atoms with Gasteiger partial charge in [-0.05, 0) is 30.3 Å². The number of anilines is 2. The van der Waals surface area contributed by atoms with Crippen molar-refractivity contribution in [3.63, 3.8) is 0 Å². The zero-order valence-corrected chi connectivity index (χ0v) is 13.5. The Morgan fingerprint density at radius 2 is 1.76 bits per heavy atom. The minimum absolute atomic E-state index is 0.0419. The van der Waals surface area contributed by atoms with Crippen molar-refractivity contribution in [3.8, 4) is 11.5 Å². The largest absolute Gasteiger partial charge is 0.495 e. The Hall–Kier alpha value is -3.16. The van der Waals surface area contributed by atoms with Crippen molar-refractivity contribution in [3.05, 3.63) is 48.0 Å². The molecule has 132 valence electrons. The van der Waals surface area contributed by atoms with E-state index in [-0.39, 0.29) is 17.2 Å². The number of carbonyl (C=O) groups excluding carboxylic acids is 2. The van der Waals surface area contributed by atoms with Gasteiger partial charge in [0.15, 0.2) is 0 Å². The van der Waals surface area contributed by atoms with E-state index in [0.717, 1.165) is 0 Å². The summed E-state index contributed by atoms with van der Waals surface area (Å²) in [7, 11) is 1.44. The third-order valence-corrected chi connectivity index (χ3v) is 3.12. The molecule has 0 aliphatic rings. The molecule has 0 saturated carbocycles. The van der Waals surface area contributed by atoms with Gasteiger partial charge in [-0.3, -0.25) is 9.59 Å². The van der Waals surface area contributed by atoms with Crippen LogP contribution >= 0.6 is 0 Å². The third-order valence-electron chi connectivity index (χ3n) is 3.12. The van der Waals surface area contributed by atoms with E-state index in [1.165, 1.54) is 44.4 Å². The van der Waals surface area contributed by atoms with Gasteiger partial charge in [-0.2, -0.15) is 8.78 Å². The summed E-state index contributed by atoms with van der Waals surface area (Å²) in [5, 5.41) is 5.14. The zero-order chi connectivity index (χ0) is 18.4. The van der Waals surface area contributed by atoms with E-state index in [4.69, 9.17) is 4.74 Å². The first kappa shape index (κ1) is 18.2. The molecule has 8 heteroatoms. The molecule has 0 heterocycles. The molecule has 0 aliphatic heterocycles. The van der Waals surface area contributed by atoms with E-state index in [0.29, 0.717) is 17.1 Å². The maximum atomic E-state index is 12.4. The van der Waals surface area contributed by atoms with Crippen molar-refractivity contribution in [1.82, 2.24) is 0 Å². The van der Waals surface area contributed by atoms with E-state index in [2.05, 4.69) is 15.4 Å². The van der Waals surface area contributed by atoms with Gasteiger partial charge in [0.25, 0.3) is 5.91 Å². The summed E-state index contributed by atoms with van der Waals surface area (Å²) in [6, 6.07) is 10.3. The molecule has 0 aliphatic carbocycles. The van der Waals surface area contributed by atoms with E-state index in [1.807, 2.05) is 0 Å². The number of hydrogen-bond donors (Lipinski definition) is 2. The molecule has 0 atom stereocenters. The summed E-state index contributed by atoms with van der Waals surface area (Å²) in [6.45, 7) is -1.70. The van der Waals surface area contributed by atoms with Crippen molar-refractivity contribution >= 4 is 23.2 Å². The summed E-state index contributed by atoms with van der Waals surface area (Å²) in [5.41, 5.74) is 0.672. The van der Waals surface area contributed by atoms with Gasteiger partial charge in [-0.1, -0.05) is 12.1 Å². The molecule has 2 amide bonds. The maximum Gasteiger partial charge on any atom is 0.387 e. The summed E-state index contributed by atoms with van der Waals surface area (Å²) in [5.74, 6) is -0.757. The Morgan fingerprint density at radius 3 is 2.40 bits per heavy atom. The number of hydrogen-bond acceptors (Lipinski definition) is 4. The fraction of sp³-hybridized carbons (Fsp3) is 0.176. The number of alkyl halides is 2. The molecule has 6 nitrogen and oxygen atoms in total. The van der Waals surface area contributed by atoms with Gasteiger partial charge in [-0.25, -0.2) is 0 Å². The van der Waals surface area contributed by atoms with Gasteiger partial charge >= 0.3 is 6.61 Å². The van der Waals surface area contributed by atoms with E-state index >= 15 is 0 Å². The first-order chi connectivity index (χ1) is 11.9. The minimum Gasteiger partial charge on any atom is -0.495 e. The predicted molar refractivity (Wildman–Crippen MR) is 88.3 cm³/mol. The number of amides is 2. The van der Waals surface area contributed by atoms with E-state index in [1.54, 1.807) is 12.1 Å². The van der Waals surface area contributed by atoms with Crippen molar-refractivity contribution in [2.75, 3.05) is 17.7 Å². The number of carbonyl (C=O) groups is 2. The van der Waals surface area contributed by atoms with Crippen LogP contribution in [0.4, 0.5) is 20.2 Å². The lowest BCUT2D eigenvalue weighted by atomic mass is 10.1. The number of para-hydroxylation sites is 1. The van der Waals surface area contributed by atoms with Gasteiger partial charge in [0.05, 0.1) is 18.4 Å². The van der Waals surface area contributed by atoms with Crippen LogP contribution in [0.3, 0.4) is 0 Å². The zero-order valence-electron chi connectivity index (χ0n) is 13.5. The highest BCUT2D eigenvalue weighted by Gasteiger charge is 2.16. The van der Waals surface area contributed by atoms with Gasteiger partial charge in [0.2, 0.25) is 5.91 Å². The lowest BCUT2D eigenvalue weighted by Gasteiger charge is -2.13. The van der Waals surface area contributed by atoms with Crippen LogP contribution < -0.4 is 20.1 Å². The average Bonchev–Trinajstić information content (AvgIpc) is 2.54. The first-order valence-corrected chi connectivity index (χ1v) is 7.21. The van der Waals surface area contributed by atoms with Crippen LogP contribution in [0.25, 0.3) is 0 Å². The highest BCUT2D eigenvalue weighted by Crippen LogP contribution is 2.29. The molecule has 2 aromatic carbocycles. The molecule has 0 aromatic heterocycles. The monoisotopic (exact) mass is 350 g/mol. The molecule has 2 aromatic rings. The van der Waals surface area contributed by atoms with Crippen LogP contribution in [0.15, 0.2) is 42.5 Å². The number of halogens is 2. The predicted octanol–water partition coefficient (Wildman–Crippen LogP) is 3.51. The molecule has 0 spiro atoms. The van der Waals surface area contributed by atoms with Gasteiger partial charge < -0.3 is 20.1 Å². The van der Waals surface area contributed by atoms with Crippen molar-refractivity contribution in [2.45, 2.75) is 13.5 Å². The molecule has 0 saturated heterocycles. The van der Waals surface area contributed by atoms with Gasteiger partial charge in [0, 0.05) is 12.6 Å². The molecule has 0 radical (unpaired) electrons. The van der Waals surface area contributed by atoms with E-state index in [9.17, 15) is 18.4 Å². The Kier molecular flexibility index (Phi) is 5.89. The second-order valence-corrected chi connectivity index (χ2v) is 4.93. The number of ether oxygens (including phenoxy) is 2. The fourth-order valence-electron chi connectivity index (χ4n) is 2.12. The molecule has 2 rings (SSSR count). The quantitative estimate of drug-likeness (QED) is 0.836. The Labute approximate surface area is 142 Å². The Bertz CT molecular complexity index is 781. The molecular weight excluding hydrogens is 334 g/mol. The molecule has 0 bridgehead atoms. The summed E-state index contributed by atoms with van der Waals surface area (Å²) in [4.78, 5) is 23.6. The topological polar surface area (TPSA) is 76.7 Å². The fourth-order valence-corrected chi connectivity index (χ4v) is 2.12. The maximum absolute atomic E-state index is 12.4. The second kappa shape index (κ2) is 8.09. The smallest absolute Gasteiger partial charge is 0.387 e. The van der Waals surface area contributed by atoms with Crippen molar-refractivity contribution in [2.24, 2.45) is 0 Å². The van der Waals surface area contributed by atoms with Crippen LogP contribution in [-0.2, 0) is 4.79 Å². The highest BCUT2D eigenvalue weighted by atomic mass is 19.3. The lowest BCUT2D eigenvalue weighted by Crippen LogP contribution is -2.15. The first-order valence-electron chi connectivity index (χ1n) is 7.21. The molecule has 0 fully saturated rings. The third kappa shape index (κ3) is 4.90. The van der Waals surface area contributed by atoms with E-state index < -0.39 is 12.5 Å². The highest BCUT2D eigenvalue weighted by molar-refractivity contribution is 6.06. The molecular formula is C17H16F2N2O4. The normalized spacial score (nSPS) is 10.3. The Morgan fingerprint density at radius 1 is 1.04 bits per heavy atom. The second-order valence-electron chi connectivity index (χ2n) is 4.93. The van der Waals surface area contributed by atoms with Crippen LogP contribution in [-0.4, -0.2) is 25.5 Å². The number of benzene rings is 2. The molecule has 0 unspecified atom stereocenters. The van der Waals surface area contributed by atoms with Crippen LogP contribution in [0.5, 0.6) is 11.5 Å². The van der Waals surface area contributed by atoms with Gasteiger partial charge in [0.1, 0.15) is 11.5 Å². The summed E-state index contributed by atoms with van der Waals surface area (Å²) < 4.78 is 34.3. The molecule has 2 N–H and O–H groups in total. The van der Waals surface area contributed by atoms with Gasteiger partial charge in [-0.15, -0.1) is 0 Å². The summed E-state index contributed by atoms with van der Waals surface area (Å²) in [6.07, 6.45) is 0. The van der Waals surface area contributed by atoms with Crippen LogP contribution in [0.1, 0.15) is 17.3 Å². The minimum atomic E-state index is -3.04. The Balaban J connectivity index is 2.25.